The van der Waals surface area contributed by atoms with E-state index in [4.69, 9.17) is 18.8 Å². The van der Waals surface area contributed by atoms with Crippen LogP contribution in [0.3, 0.4) is 0 Å². The van der Waals surface area contributed by atoms with Gasteiger partial charge in [0.15, 0.2) is 18.3 Å². The zero-order valence-corrected chi connectivity index (χ0v) is 14.7. The molecule has 13 heteroatoms. The first-order chi connectivity index (χ1) is 12.4. The summed E-state index contributed by atoms with van der Waals surface area (Å²) in [4.78, 5) is 35.0. The summed E-state index contributed by atoms with van der Waals surface area (Å²) in [6.45, 7) is 0.585. The second-order valence-corrected chi connectivity index (χ2v) is 8.00. The van der Waals surface area contributed by atoms with Crippen LogP contribution in [0.5, 0.6) is 0 Å². The number of rotatable bonds is 7. The second kappa shape index (κ2) is 6.63. The Hall–Kier alpha value is -1.86. The van der Waals surface area contributed by atoms with E-state index in [0.717, 1.165) is 0 Å². The van der Waals surface area contributed by atoms with Gasteiger partial charge in [-0.15, -0.1) is 0 Å². The molecule has 0 amide bonds. The van der Waals surface area contributed by atoms with Gasteiger partial charge in [0, 0.05) is 0 Å². The zero-order valence-electron chi connectivity index (χ0n) is 13.9. The van der Waals surface area contributed by atoms with Gasteiger partial charge in [-0.1, -0.05) is 0 Å². The lowest BCUT2D eigenvalue weighted by molar-refractivity contribution is -0.165. The number of hydrogen-bond donors (Lipinski definition) is 1. The first-order valence-corrected chi connectivity index (χ1v) is 9.45. The van der Waals surface area contributed by atoms with E-state index in [2.05, 4.69) is 4.74 Å². The minimum absolute atomic E-state index is 0.363. The molecule has 0 aromatic heterocycles. The average molecular weight is 414 g/mol. The normalized spacial score (nSPS) is 32.9. The second-order valence-electron chi connectivity index (χ2n) is 6.51. The number of alkyl halides is 2. The standard InChI is InChI=1S/C14H16F2O10S/c1-5(14(15,16)27(20,21)22)23-8(17)2-3-9(18)25-11-7-4-6-10(24-7)12(11)26-13(6)19/h5-7,10-12H,2-4H2,1H3,(H,20,21,22). The van der Waals surface area contributed by atoms with E-state index in [1.54, 1.807) is 0 Å². The van der Waals surface area contributed by atoms with E-state index in [-0.39, 0.29) is 5.92 Å². The fraction of sp³-hybridized carbons (Fsp3) is 0.786. The summed E-state index contributed by atoms with van der Waals surface area (Å²) < 4.78 is 76.2. The first kappa shape index (κ1) is 19.9. The van der Waals surface area contributed by atoms with Crippen LogP contribution in [0.25, 0.3) is 0 Å². The molecule has 3 saturated heterocycles. The fourth-order valence-corrected chi connectivity index (χ4v) is 3.80. The maximum Gasteiger partial charge on any atom is 0.405 e. The monoisotopic (exact) mass is 414 g/mol. The molecule has 10 nitrogen and oxygen atoms in total. The molecular formula is C14H16F2O10S. The van der Waals surface area contributed by atoms with E-state index in [0.29, 0.717) is 13.3 Å². The fourth-order valence-electron chi connectivity index (χ4n) is 3.33. The molecule has 0 radical (unpaired) electrons. The highest BCUT2D eigenvalue weighted by Crippen LogP contribution is 2.47. The Morgan fingerprint density at radius 2 is 1.93 bits per heavy atom. The summed E-state index contributed by atoms with van der Waals surface area (Å²) in [6.07, 6.45) is -5.73. The van der Waals surface area contributed by atoms with Gasteiger partial charge in [0.25, 0.3) is 0 Å². The number of esters is 3. The van der Waals surface area contributed by atoms with Crippen LogP contribution in [0.1, 0.15) is 26.2 Å². The van der Waals surface area contributed by atoms with Crippen LogP contribution in [-0.2, 0) is 43.4 Å². The van der Waals surface area contributed by atoms with Crippen LogP contribution in [0.4, 0.5) is 8.78 Å². The van der Waals surface area contributed by atoms with E-state index in [1.807, 2.05) is 0 Å². The number of carbonyl (C=O) groups excluding carboxylic acids is 3. The molecule has 152 valence electrons. The Labute approximate surface area is 151 Å². The van der Waals surface area contributed by atoms with Crippen molar-refractivity contribution < 1.29 is 55.1 Å². The van der Waals surface area contributed by atoms with Crippen LogP contribution in [0.2, 0.25) is 0 Å². The third kappa shape index (κ3) is 3.50. The first-order valence-electron chi connectivity index (χ1n) is 8.01. The molecule has 27 heavy (non-hydrogen) atoms. The van der Waals surface area contributed by atoms with Gasteiger partial charge < -0.3 is 18.9 Å². The Balaban J connectivity index is 1.46. The minimum Gasteiger partial charge on any atom is -0.455 e. The van der Waals surface area contributed by atoms with Gasteiger partial charge in [-0.2, -0.15) is 17.2 Å². The van der Waals surface area contributed by atoms with Gasteiger partial charge in [-0.3, -0.25) is 18.9 Å². The number of ether oxygens (including phenoxy) is 4. The molecule has 0 aliphatic carbocycles. The van der Waals surface area contributed by atoms with Gasteiger partial charge in [0.1, 0.15) is 6.10 Å². The third-order valence-electron chi connectivity index (χ3n) is 4.71. The SMILES string of the molecule is CC(OC(=O)CCC(=O)OC1C2CC3C(=O)OC1C3O2)C(F)(F)S(=O)(=O)O. The largest absolute Gasteiger partial charge is 0.455 e. The Bertz CT molecular complexity index is 766. The van der Waals surface area contributed by atoms with Gasteiger partial charge >= 0.3 is 33.3 Å². The van der Waals surface area contributed by atoms with Gasteiger partial charge in [0.2, 0.25) is 0 Å². The van der Waals surface area contributed by atoms with Crippen molar-refractivity contribution in [3.05, 3.63) is 0 Å². The number of halogens is 2. The highest BCUT2D eigenvalue weighted by Gasteiger charge is 2.65. The summed E-state index contributed by atoms with van der Waals surface area (Å²) in [5.74, 6) is -2.92. The Morgan fingerprint density at radius 3 is 2.56 bits per heavy atom. The molecule has 2 bridgehead atoms. The van der Waals surface area contributed by atoms with Crippen LogP contribution < -0.4 is 0 Å². The van der Waals surface area contributed by atoms with Gasteiger partial charge in [0.05, 0.1) is 24.9 Å². The van der Waals surface area contributed by atoms with E-state index >= 15 is 0 Å². The van der Waals surface area contributed by atoms with Crippen molar-refractivity contribution in [2.24, 2.45) is 5.92 Å². The van der Waals surface area contributed by atoms with Crippen molar-refractivity contribution in [2.45, 2.75) is 62.0 Å². The third-order valence-corrected chi connectivity index (χ3v) is 5.73. The lowest BCUT2D eigenvalue weighted by atomic mass is 9.88. The highest BCUT2D eigenvalue weighted by atomic mass is 32.2. The quantitative estimate of drug-likeness (QED) is 0.338. The van der Waals surface area contributed by atoms with Crippen LogP contribution in [0.15, 0.2) is 0 Å². The minimum atomic E-state index is -5.77. The maximum atomic E-state index is 13.3. The smallest absolute Gasteiger partial charge is 0.405 e. The molecule has 0 saturated carbocycles. The summed E-state index contributed by atoms with van der Waals surface area (Å²) >= 11 is 0. The van der Waals surface area contributed by atoms with Crippen molar-refractivity contribution in [1.29, 1.82) is 0 Å². The Morgan fingerprint density at radius 1 is 1.30 bits per heavy atom. The topological polar surface area (TPSA) is 142 Å². The van der Waals surface area contributed by atoms with Crippen molar-refractivity contribution in [1.82, 2.24) is 0 Å². The highest BCUT2D eigenvalue weighted by molar-refractivity contribution is 7.86. The van der Waals surface area contributed by atoms with Gasteiger partial charge in [-0.05, 0) is 13.3 Å². The predicted molar refractivity (Wildman–Crippen MR) is 77.8 cm³/mol. The number of fused-ring (bicyclic) bond motifs is 1. The molecule has 3 rings (SSSR count). The molecule has 6 atom stereocenters. The van der Waals surface area contributed by atoms with E-state index < -0.39 is 76.6 Å². The molecule has 0 spiro atoms. The summed E-state index contributed by atoms with van der Waals surface area (Å²) in [6, 6.07) is 0. The summed E-state index contributed by atoms with van der Waals surface area (Å²) in [5, 5.41) is -4.69. The number of hydrogen-bond acceptors (Lipinski definition) is 9. The lowest BCUT2D eigenvalue weighted by Gasteiger charge is -2.22. The van der Waals surface area contributed by atoms with E-state index in [9.17, 15) is 31.6 Å². The summed E-state index contributed by atoms with van der Waals surface area (Å²) in [5.41, 5.74) is 0. The van der Waals surface area contributed by atoms with Crippen LogP contribution in [-0.4, -0.2) is 66.7 Å². The molecule has 3 fully saturated rings. The molecule has 6 unspecified atom stereocenters. The molecule has 0 aromatic rings. The molecule has 3 heterocycles. The molecular weight excluding hydrogens is 398 g/mol. The van der Waals surface area contributed by atoms with Crippen LogP contribution >= 0.6 is 0 Å². The van der Waals surface area contributed by atoms with Gasteiger partial charge in [-0.25, -0.2) is 0 Å². The van der Waals surface area contributed by atoms with Crippen molar-refractivity contribution in [2.75, 3.05) is 0 Å². The van der Waals surface area contributed by atoms with E-state index in [1.165, 1.54) is 0 Å². The van der Waals surface area contributed by atoms with Crippen molar-refractivity contribution in [3.8, 4) is 0 Å². The molecule has 0 aromatic carbocycles. The van der Waals surface area contributed by atoms with Crippen molar-refractivity contribution >= 4 is 28.0 Å². The molecule has 1 N–H and O–H groups in total. The number of carbonyl (C=O) groups is 3. The lowest BCUT2D eigenvalue weighted by Crippen LogP contribution is -2.42. The molecule has 3 aliphatic rings. The van der Waals surface area contributed by atoms with Crippen molar-refractivity contribution in [3.63, 3.8) is 0 Å². The zero-order chi connectivity index (χ0) is 20.1. The van der Waals surface area contributed by atoms with Crippen LogP contribution in [0, 0.1) is 5.92 Å². The predicted octanol–water partition coefficient (Wildman–Crippen LogP) is -0.197. The average Bonchev–Trinajstić information content (AvgIpc) is 3.16. The Kier molecular flexibility index (Phi) is 4.89. The summed E-state index contributed by atoms with van der Waals surface area (Å²) in [7, 11) is -5.77. The molecule has 3 aliphatic heterocycles. The maximum absolute atomic E-state index is 13.3.